The zero-order chi connectivity index (χ0) is 28.8. The summed E-state index contributed by atoms with van der Waals surface area (Å²) in [5, 5.41) is 11.5. The molecule has 0 spiro atoms. The first-order chi connectivity index (χ1) is 18.1. The molecule has 0 radical (unpaired) electrons. The first kappa shape index (κ1) is 29.5. The van der Waals surface area contributed by atoms with Gasteiger partial charge in [0.05, 0.1) is 6.33 Å². The smallest absolute Gasteiger partial charge is 0.517 e. The van der Waals surface area contributed by atoms with Crippen molar-refractivity contribution < 1.29 is 70.2 Å². The summed E-state index contributed by atoms with van der Waals surface area (Å²) < 4.78 is 57.8. The van der Waals surface area contributed by atoms with Crippen LogP contribution in [0.1, 0.15) is 27.0 Å². The van der Waals surface area contributed by atoms with E-state index in [4.69, 9.17) is 18.7 Å². The molecule has 2 fully saturated rings. The molecule has 20 nitrogen and oxygen atoms in total. The maximum absolute atomic E-state index is 12.6. The number of fused-ring (bicyclic) bond motifs is 1. The number of imidazole rings is 1. The summed E-state index contributed by atoms with van der Waals surface area (Å²) in [7, 11) is -16.3. The van der Waals surface area contributed by atoms with Crippen molar-refractivity contribution in [3.63, 3.8) is 0 Å². The maximum Gasteiger partial charge on any atom is 0.517 e. The Morgan fingerprint density at radius 1 is 1.15 bits per heavy atom. The molecule has 39 heavy (non-hydrogen) atoms. The van der Waals surface area contributed by atoms with Crippen molar-refractivity contribution >= 4 is 58.6 Å². The van der Waals surface area contributed by atoms with Crippen molar-refractivity contribution in [2.24, 2.45) is 4.99 Å². The van der Waals surface area contributed by atoms with Crippen LogP contribution in [0.4, 0.5) is 5.82 Å². The fourth-order valence-corrected chi connectivity index (χ4v) is 8.48. The first-order valence-corrected chi connectivity index (χ1v) is 14.9. The van der Waals surface area contributed by atoms with Gasteiger partial charge in [-0.15, -0.1) is 4.31 Å². The molecule has 4 rings (SSSR count). The van der Waals surface area contributed by atoms with Gasteiger partial charge in [0.1, 0.15) is 19.0 Å². The maximum atomic E-state index is 12.6. The first-order valence-electron chi connectivity index (χ1n) is 10.5. The van der Waals surface area contributed by atoms with E-state index in [1.165, 1.54) is 17.8 Å². The van der Waals surface area contributed by atoms with Crippen LogP contribution in [0.25, 0.3) is 11.2 Å². The third-order valence-corrected chi connectivity index (χ3v) is 10.1. The highest BCUT2D eigenvalue weighted by atomic mass is 31.3. The molecule has 0 aliphatic carbocycles. The third kappa shape index (κ3) is 6.82. The Morgan fingerprint density at radius 2 is 1.82 bits per heavy atom. The molecule has 0 aromatic carbocycles. The highest BCUT2D eigenvalue weighted by Gasteiger charge is 2.57. The summed E-state index contributed by atoms with van der Waals surface area (Å²) in [5.41, 5.74) is 0.104. The van der Waals surface area contributed by atoms with E-state index in [-0.39, 0.29) is 17.0 Å². The second-order valence-electron chi connectivity index (χ2n) is 7.77. The number of aromatic nitrogens is 4. The van der Waals surface area contributed by atoms with E-state index in [1.54, 1.807) is 0 Å². The summed E-state index contributed by atoms with van der Waals surface area (Å²) in [6, 6.07) is 0. The summed E-state index contributed by atoms with van der Waals surface area (Å²) >= 11 is 0. The van der Waals surface area contributed by atoms with Crippen molar-refractivity contribution in [1.29, 1.82) is 0 Å². The van der Waals surface area contributed by atoms with Crippen molar-refractivity contribution in [2.45, 2.75) is 45.3 Å². The topological polar surface area (TPSA) is 278 Å². The van der Waals surface area contributed by atoms with Gasteiger partial charge in [0.15, 0.2) is 35.4 Å². The molecule has 0 amide bonds. The van der Waals surface area contributed by atoms with Gasteiger partial charge in [0.25, 0.3) is 0 Å². The Labute approximate surface area is 218 Å². The van der Waals surface area contributed by atoms with Gasteiger partial charge in [0, 0.05) is 13.8 Å². The van der Waals surface area contributed by atoms with Crippen LogP contribution in [0.2, 0.25) is 0 Å². The van der Waals surface area contributed by atoms with Gasteiger partial charge >= 0.3 is 35.8 Å². The van der Waals surface area contributed by atoms with Gasteiger partial charge in [0.2, 0.25) is 0 Å². The molecule has 1 N–H and O–H groups in total. The van der Waals surface area contributed by atoms with Crippen LogP contribution in [0.3, 0.4) is 0 Å². The molecule has 2 aliphatic rings. The predicted octanol–water partition coefficient (Wildman–Crippen LogP) is -1.32. The highest BCUT2D eigenvalue weighted by molar-refractivity contribution is 7.76. The lowest BCUT2D eigenvalue weighted by atomic mass is 10.1. The quantitative estimate of drug-likeness (QED) is 0.164. The second-order valence-corrected chi connectivity index (χ2v) is 12.7. The Balaban J connectivity index is 1.68. The molecular formula is C16H18N5O15P3-2. The number of nitrogens with zero attached hydrogens (tertiary/aromatic N) is 5. The van der Waals surface area contributed by atoms with Gasteiger partial charge in [-0.3, -0.25) is 23.6 Å². The van der Waals surface area contributed by atoms with Crippen LogP contribution in [-0.2, 0) is 50.4 Å². The Kier molecular flexibility index (Phi) is 8.20. The normalized spacial score (nSPS) is 35.2. The number of phosphoric acid groups is 3. The number of rotatable bonds is 7. The molecule has 23 heteroatoms. The van der Waals surface area contributed by atoms with E-state index in [0.29, 0.717) is 0 Å². The Morgan fingerprint density at radius 3 is 2.44 bits per heavy atom. The minimum atomic E-state index is -5.59. The molecule has 2 aromatic heterocycles. The lowest BCUT2D eigenvalue weighted by Gasteiger charge is -2.35. The number of carbonyl (C=O) groups excluding carboxylic acids is 2. The average molecular weight is 613 g/mol. The molecule has 0 saturated carbocycles. The van der Waals surface area contributed by atoms with Crippen molar-refractivity contribution in [2.75, 3.05) is 6.61 Å². The highest BCUT2D eigenvalue weighted by Crippen LogP contribution is 2.80. The molecule has 7 atom stereocenters. The number of carbonyl (C=O) groups is 2. The van der Waals surface area contributed by atoms with Crippen LogP contribution >= 0.6 is 23.8 Å². The standard InChI is InChI=1S/C16H20N5O15P3/c1-7(22)20-14-11-15(18-5-17-14)21(6-19-11)16-13(32-9(3)24)12(31-8(2)23)10(33-16)4-30-39(29)35-37(25,26)34-38(27,28)36-39/h5-6,10,12-13,16H,4H2,1-3H3,(H,25,26)(H,27,28)(H,17,18,20,22)/p-2/t10-,12-,13-,16-/m1/s1. The summed E-state index contributed by atoms with van der Waals surface area (Å²) in [5.74, 6) is -2.36. The van der Waals surface area contributed by atoms with E-state index in [0.717, 1.165) is 20.2 Å². The minimum Gasteiger partial charge on any atom is -0.862 e. The van der Waals surface area contributed by atoms with Crippen LogP contribution in [0.15, 0.2) is 17.6 Å². The fraction of sp³-hybridized carbons (Fsp3) is 0.500. The van der Waals surface area contributed by atoms with Crippen LogP contribution < -0.4 is 14.9 Å². The van der Waals surface area contributed by atoms with Crippen molar-refractivity contribution in [3.05, 3.63) is 12.7 Å². The lowest BCUT2D eigenvalue weighted by Crippen LogP contribution is -2.40. The number of hydrogen-bond acceptors (Lipinski definition) is 18. The van der Waals surface area contributed by atoms with Gasteiger partial charge in [-0.25, -0.2) is 28.8 Å². The van der Waals surface area contributed by atoms with Crippen LogP contribution in [-0.4, -0.2) is 67.2 Å². The molecule has 2 saturated heterocycles. The monoisotopic (exact) mass is 613 g/mol. The molecule has 3 unspecified atom stereocenters. The summed E-state index contributed by atoms with van der Waals surface area (Å²) in [4.78, 5) is 73.2. The SMILES string of the molecule is CC(=O)O[C@@H]1[C@H](OC(C)=O)[C@@H](CO[P+]2([O-])OP(=O)([O-])OP(=O)(O)O2)O[C@H]1n1cnc2c(N=C(C)[O-])ncnc21. The van der Waals surface area contributed by atoms with E-state index in [1.807, 2.05) is 0 Å². The molecule has 214 valence electrons. The molecule has 2 aliphatic heterocycles. The van der Waals surface area contributed by atoms with Gasteiger partial charge < -0.3 is 29.1 Å². The third-order valence-electron chi connectivity index (χ3n) is 4.77. The number of esters is 2. The van der Waals surface area contributed by atoms with Crippen molar-refractivity contribution in [3.8, 4) is 0 Å². The molecule has 4 heterocycles. The van der Waals surface area contributed by atoms with E-state index in [9.17, 15) is 38.5 Å². The molecule has 2 aromatic rings. The zero-order valence-electron chi connectivity index (χ0n) is 19.9. The largest absolute Gasteiger partial charge is 0.862 e. The van der Waals surface area contributed by atoms with Crippen molar-refractivity contribution in [1.82, 2.24) is 19.5 Å². The van der Waals surface area contributed by atoms with E-state index < -0.39 is 72.8 Å². The van der Waals surface area contributed by atoms with Gasteiger partial charge in [-0.1, -0.05) is 4.31 Å². The fourth-order valence-electron chi connectivity index (χ4n) is 3.61. The minimum absolute atomic E-state index is 0.0488. The molecule has 0 bridgehead atoms. The predicted molar refractivity (Wildman–Crippen MR) is 117 cm³/mol. The molecular weight excluding hydrogens is 595 g/mol. The second kappa shape index (κ2) is 10.8. The average Bonchev–Trinajstić information content (AvgIpc) is 3.31. The summed E-state index contributed by atoms with van der Waals surface area (Å²) in [6.45, 7) is 2.31. The number of aliphatic imine (C=N–C) groups is 1. The number of ether oxygens (including phenoxy) is 3. The lowest BCUT2D eigenvalue weighted by molar-refractivity contribution is -0.258. The Hall–Kier alpha value is -2.47. The van der Waals surface area contributed by atoms with E-state index in [2.05, 4.69) is 32.9 Å². The van der Waals surface area contributed by atoms with Crippen LogP contribution in [0.5, 0.6) is 0 Å². The Bertz CT molecular complexity index is 1390. The van der Waals surface area contributed by atoms with Gasteiger partial charge in [-0.2, -0.15) is 4.52 Å². The number of hydrogen-bond donors (Lipinski definition) is 1. The van der Waals surface area contributed by atoms with E-state index >= 15 is 0 Å². The zero-order valence-corrected chi connectivity index (χ0v) is 22.6. The van der Waals surface area contributed by atoms with Gasteiger partial charge in [-0.05, 0) is 12.8 Å². The summed E-state index contributed by atoms with van der Waals surface area (Å²) in [6.07, 6.45) is -3.49. The van der Waals surface area contributed by atoms with Crippen LogP contribution in [0, 0.1) is 0 Å².